The molecule has 1 rings (SSSR count). The second-order valence-electron chi connectivity index (χ2n) is 2.88. The van der Waals surface area contributed by atoms with E-state index in [4.69, 9.17) is 17.3 Å². The number of primary amides is 1. The van der Waals surface area contributed by atoms with Crippen molar-refractivity contribution < 1.29 is 13.2 Å². The van der Waals surface area contributed by atoms with Crippen molar-refractivity contribution in [3.63, 3.8) is 0 Å². The molecular weight excluding hydrogens is 240 g/mol. The highest BCUT2D eigenvalue weighted by Crippen LogP contribution is 2.28. The van der Waals surface area contributed by atoms with Gasteiger partial charge in [0.05, 0.1) is 10.7 Å². The van der Waals surface area contributed by atoms with E-state index < -0.39 is 15.9 Å². The van der Waals surface area contributed by atoms with Gasteiger partial charge in [-0.25, -0.2) is 13.2 Å². The van der Waals surface area contributed by atoms with Crippen LogP contribution in [0.3, 0.4) is 0 Å². The molecule has 0 aliphatic carbocycles. The number of carbonyl (C=O) groups is 1. The molecule has 1 aromatic rings. The lowest BCUT2D eigenvalue weighted by molar-refractivity contribution is 0.259. The molecule has 2 amide bonds. The lowest BCUT2D eigenvalue weighted by Crippen LogP contribution is -2.20. The summed E-state index contributed by atoms with van der Waals surface area (Å²) in [6.45, 7) is 0. The van der Waals surface area contributed by atoms with Crippen molar-refractivity contribution in [1.82, 2.24) is 0 Å². The highest BCUT2D eigenvalue weighted by atomic mass is 35.5. The summed E-state index contributed by atoms with van der Waals surface area (Å²) < 4.78 is 22.8. The SMILES string of the molecule is CS(=O)(=O)c1c(Cl)cccc1NC(N)=O. The minimum Gasteiger partial charge on any atom is -0.351 e. The lowest BCUT2D eigenvalue weighted by atomic mass is 10.3. The standard InChI is InChI=1S/C8H9ClN2O3S/c1-15(13,14)7-5(9)3-2-4-6(7)11-8(10)12/h2-4H,1H3,(H3,10,11,12). The maximum absolute atomic E-state index is 11.4. The van der Waals surface area contributed by atoms with Crippen molar-refractivity contribution in [3.8, 4) is 0 Å². The van der Waals surface area contributed by atoms with E-state index in [2.05, 4.69) is 5.32 Å². The second-order valence-corrected chi connectivity index (χ2v) is 5.24. The molecule has 0 fully saturated rings. The number of sulfone groups is 1. The summed E-state index contributed by atoms with van der Waals surface area (Å²) in [7, 11) is -3.51. The summed E-state index contributed by atoms with van der Waals surface area (Å²) in [5, 5.41) is 2.24. The zero-order valence-corrected chi connectivity index (χ0v) is 9.39. The van der Waals surface area contributed by atoms with E-state index in [1.165, 1.54) is 18.2 Å². The van der Waals surface area contributed by atoms with Gasteiger partial charge in [-0.1, -0.05) is 17.7 Å². The fourth-order valence-corrected chi connectivity index (χ4v) is 2.65. The summed E-state index contributed by atoms with van der Waals surface area (Å²) in [6, 6.07) is 3.50. The highest BCUT2D eigenvalue weighted by Gasteiger charge is 2.17. The molecule has 1 aromatic carbocycles. The Kier molecular flexibility index (Phi) is 3.21. The number of urea groups is 1. The van der Waals surface area contributed by atoms with Gasteiger partial charge in [0.2, 0.25) is 0 Å². The molecule has 0 saturated heterocycles. The van der Waals surface area contributed by atoms with Crippen LogP contribution >= 0.6 is 11.6 Å². The average Bonchev–Trinajstić information content (AvgIpc) is 1.99. The first-order chi connectivity index (χ1) is 6.82. The maximum Gasteiger partial charge on any atom is 0.316 e. The van der Waals surface area contributed by atoms with Gasteiger partial charge in [-0.2, -0.15) is 0 Å². The smallest absolute Gasteiger partial charge is 0.316 e. The Labute approximate surface area is 92.1 Å². The molecule has 0 saturated carbocycles. The Balaban J connectivity index is 3.40. The predicted molar refractivity (Wildman–Crippen MR) is 57.8 cm³/mol. The molecule has 0 atom stereocenters. The normalized spacial score (nSPS) is 11.1. The number of hydrogen-bond donors (Lipinski definition) is 2. The van der Waals surface area contributed by atoms with Crippen molar-refractivity contribution in [2.45, 2.75) is 4.90 Å². The molecule has 0 unspecified atom stereocenters. The predicted octanol–water partition coefficient (Wildman–Crippen LogP) is 1.23. The monoisotopic (exact) mass is 248 g/mol. The Morgan fingerprint density at radius 1 is 1.47 bits per heavy atom. The van der Waals surface area contributed by atoms with Crippen LogP contribution in [-0.4, -0.2) is 20.7 Å². The second kappa shape index (κ2) is 4.08. The fourth-order valence-electron chi connectivity index (χ4n) is 1.12. The molecule has 15 heavy (non-hydrogen) atoms. The van der Waals surface area contributed by atoms with Crippen LogP contribution in [0.25, 0.3) is 0 Å². The molecule has 3 N–H and O–H groups in total. The zero-order valence-electron chi connectivity index (χ0n) is 7.82. The van der Waals surface area contributed by atoms with Crippen LogP contribution in [0.2, 0.25) is 5.02 Å². The molecular formula is C8H9ClN2O3S. The van der Waals surface area contributed by atoms with Gasteiger partial charge in [-0.3, -0.25) is 0 Å². The fraction of sp³-hybridized carbons (Fsp3) is 0.125. The molecule has 0 radical (unpaired) electrons. The van der Waals surface area contributed by atoms with E-state index in [1.54, 1.807) is 0 Å². The molecule has 7 heteroatoms. The van der Waals surface area contributed by atoms with Gasteiger partial charge in [0.25, 0.3) is 0 Å². The van der Waals surface area contributed by atoms with Crippen LogP contribution < -0.4 is 11.1 Å². The van der Waals surface area contributed by atoms with Crippen molar-refractivity contribution in [1.29, 1.82) is 0 Å². The summed E-state index contributed by atoms with van der Waals surface area (Å²) in [5.41, 5.74) is 4.98. The maximum atomic E-state index is 11.4. The number of anilines is 1. The van der Waals surface area contributed by atoms with E-state index >= 15 is 0 Å². The number of nitrogens with two attached hydrogens (primary N) is 1. The molecule has 82 valence electrons. The molecule has 5 nitrogen and oxygen atoms in total. The summed E-state index contributed by atoms with van der Waals surface area (Å²) >= 11 is 5.73. The Bertz CT molecular complexity index is 499. The van der Waals surface area contributed by atoms with Gasteiger partial charge in [0.15, 0.2) is 9.84 Å². The topological polar surface area (TPSA) is 89.3 Å². The third-order valence-corrected chi connectivity index (χ3v) is 3.20. The number of nitrogens with one attached hydrogen (secondary N) is 1. The van der Waals surface area contributed by atoms with Gasteiger partial charge < -0.3 is 11.1 Å². The molecule has 0 aromatic heterocycles. The molecule has 0 heterocycles. The summed E-state index contributed by atoms with van der Waals surface area (Å²) in [5.74, 6) is 0. The van der Waals surface area contributed by atoms with Crippen molar-refractivity contribution >= 4 is 33.2 Å². The van der Waals surface area contributed by atoms with E-state index in [0.717, 1.165) is 6.26 Å². The summed E-state index contributed by atoms with van der Waals surface area (Å²) in [6.07, 6.45) is 1.00. The van der Waals surface area contributed by atoms with Crippen LogP contribution in [0.5, 0.6) is 0 Å². The summed E-state index contributed by atoms with van der Waals surface area (Å²) in [4.78, 5) is 10.5. The van der Waals surface area contributed by atoms with Gasteiger partial charge in [0, 0.05) is 6.26 Å². The van der Waals surface area contributed by atoms with Crippen LogP contribution in [0, 0.1) is 0 Å². The first-order valence-corrected chi connectivity index (χ1v) is 6.14. The molecule has 0 spiro atoms. The number of amides is 2. The Morgan fingerprint density at radius 2 is 2.07 bits per heavy atom. The van der Waals surface area contributed by atoms with Crippen molar-refractivity contribution in [3.05, 3.63) is 23.2 Å². The van der Waals surface area contributed by atoms with Gasteiger partial charge >= 0.3 is 6.03 Å². The number of carbonyl (C=O) groups excluding carboxylic acids is 1. The van der Waals surface area contributed by atoms with E-state index in [9.17, 15) is 13.2 Å². The van der Waals surface area contributed by atoms with Crippen LogP contribution in [0.1, 0.15) is 0 Å². The average molecular weight is 249 g/mol. The zero-order chi connectivity index (χ0) is 11.6. The highest BCUT2D eigenvalue weighted by molar-refractivity contribution is 7.91. The largest absolute Gasteiger partial charge is 0.351 e. The third kappa shape index (κ3) is 2.84. The van der Waals surface area contributed by atoms with Crippen LogP contribution in [-0.2, 0) is 9.84 Å². The van der Waals surface area contributed by atoms with Crippen molar-refractivity contribution in [2.75, 3.05) is 11.6 Å². The van der Waals surface area contributed by atoms with Gasteiger partial charge in [-0.15, -0.1) is 0 Å². The van der Waals surface area contributed by atoms with Crippen LogP contribution in [0.4, 0.5) is 10.5 Å². The third-order valence-electron chi connectivity index (χ3n) is 1.60. The Hall–Kier alpha value is -1.27. The van der Waals surface area contributed by atoms with E-state index in [0.29, 0.717) is 0 Å². The first kappa shape index (κ1) is 11.8. The quantitative estimate of drug-likeness (QED) is 0.825. The minimum atomic E-state index is -3.51. The van der Waals surface area contributed by atoms with Gasteiger partial charge in [0.1, 0.15) is 4.90 Å². The first-order valence-electron chi connectivity index (χ1n) is 3.87. The Morgan fingerprint density at radius 3 is 2.53 bits per heavy atom. The number of hydrogen-bond acceptors (Lipinski definition) is 3. The van der Waals surface area contributed by atoms with Crippen molar-refractivity contribution in [2.24, 2.45) is 5.73 Å². The van der Waals surface area contributed by atoms with E-state index in [-0.39, 0.29) is 15.6 Å². The molecule has 0 aliphatic heterocycles. The molecule has 0 aliphatic rings. The van der Waals surface area contributed by atoms with Gasteiger partial charge in [-0.05, 0) is 12.1 Å². The van der Waals surface area contributed by atoms with E-state index in [1.807, 2.05) is 0 Å². The number of rotatable bonds is 2. The minimum absolute atomic E-state index is 0.0451. The number of benzene rings is 1. The molecule has 0 bridgehead atoms. The van der Waals surface area contributed by atoms with Crippen LogP contribution in [0.15, 0.2) is 23.1 Å². The lowest BCUT2D eigenvalue weighted by Gasteiger charge is -2.09. The number of halogens is 1.